The number of nitrogens with zero attached hydrogens (tertiary/aromatic N) is 2. The van der Waals surface area contributed by atoms with E-state index < -0.39 is 10.0 Å². The van der Waals surface area contributed by atoms with Gasteiger partial charge in [-0.05, 0) is 57.4 Å². The molecule has 1 amide bonds. The van der Waals surface area contributed by atoms with Crippen molar-refractivity contribution >= 4 is 32.9 Å². The topological polar surface area (TPSA) is 102 Å². The van der Waals surface area contributed by atoms with E-state index in [0.29, 0.717) is 36.8 Å². The number of para-hydroxylation sites is 2. The van der Waals surface area contributed by atoms with Crippen LogP contribution in [0.5, 0.6) is 0 Å². The number of hydrogen-bond acceptors (Lipinski definition) is 5. The Morgan fingerprint density at radius 1 is 1.12 bits per heavy atom. The number of carbonyl (C=O) groups excluding carboxylic acids is 1. The lowest BCUT2D eigenvalue weighted by Crippen LogP contribution is -2.29. The van der Waals surface area contributed by atoms with Gasteiger partial charge in [-0.25, -0.2) is 18.1 Å². The number of ether oxygens (including phenoxy) is 1. The molecule has 0 aliphatic carbocycles. The third-order valence-electron chi connectivity index (χ3n) is 5.30. The van der Waals surface area contributed by atoms with E-state index in [9.17, 15) is 13.2 Å². The molecule has 0 aliphatic rings. The first kappa shape index (κ1) is 24.9. The molecule has 1 heterocycles. The standard InChI is InChI=1S/C24H32N4O4S/c1-5-32-14-8-13-28-21-10-7-6-9-20(21)26-24(28)27-22(29)11-12-25-33(30,31)23-18(3)15-17(2)16-19(23)4/h6-7,9-10,15-16,25H,5,8,11-14H2,1-4H3,(H,26,27,29). The van der Waals surface area contributed by atoms with Gasteiger partial charge in [-0.2, -0.15) is 0 Å². The van der Waals surface area contributed by atoms with Crippen molar-refractivity contribution in [3.63, 3.8) is 0 Å². The minimum absolute atomic E-state index is 0.00844. The molecule has 2 aromatic carbocycles. The average Bonchev–Trinajstić information content (AvgIpc) is 3.07. The monoisotopic (exact) mass is 472 g/mol. The summed E-state index contributed by atoms with van der Waals surface area (Å²) in [6.45, 7) is 9.35. The van der Waals surface area contributed by atoms with Crippen molar-refractivity contribution in [1.29, 1.82) is 0 Å². The lowest BCUT2D eigenvalue weighted by Gasteiger charge is -2.13. The number of anilines is 1. The van der Waals surface area contributed by atoms with Crippen LogP contribution in [-0.4, -0.2) is 43.6 Å². The van der Waals surface area contributed by atoms with Crippen LogP contribution < -0.4 is 10.0 Å². The summed E-state index contributed by atoms with van der Waals surface area (Å²) in [6, 6.07) is 11.4. The van der Waals surface area contributed by atoms with E-state index in [-0.39, 0.29) is 23.8 Å². The highest BCUT2D eigenvalue weighted by molar-refractivity contribution is 7.89. The fourth-order valence-corrected chi connectivity index (χ4v) is 5.50. The van der Waals surface area contributed by atoms with Gasteiger partial charge in [-0.1, -0.05) is 29.8 Å². The number of hydrogen-bond donors (Lipinski definition) is 2. The van der Waals surface area contributed by atoms with Gasteiger partial charge >= 0.3 is 0 Å². The summed E-state index contributed by atoms with van der Waals surface area (Å²) in [5.41, 5.74) is 4.09. The molecule has 0 aliphatic heterocycles. The number of fused-ring (bicyclic) bond motifs is 1. The van der Waals surface area contributed by atoms with Crippen LogP contribution in [0, 0.1) is 20.8 Å². The van der Waals surface area contributed by atoms with E-state index in [1.165, 1.54) is 0 Å². The van der Waals surface area contributed by atoms with Crippen molar-refractivity contribution in [1.82, 2.24) is 14.3 Å². The lowest BCUT2D eigenvalue weighted by atomic mass is 10.1. The number of imidazole rings is 1. The SMILES string of the molecule is CCOCCCn1c(NC(=O)CCNS(=O)(=O)c2c(C)cc(C)cc2C)nc2ccccc21. The second-order valence-corrected chi connectivity index (χ2v) is 9.75. The predicted molar refractivity (Wildman–Crippen MR) is 130 cm³/mol. The third-order valence-corrected chi connectivity index (χ3v) is 7.06. The van der Waals surface area contributed by atoms with Crippen molar-refractivity contribution in [3.8, 4) is 0 Å². The largest absolute Gasteiger partial charge is 0.382 e. The lowest BCUT2D eigenvalue weighted by molar-refractivity contribution is -0.116. The summed E-state index contributed by atoms with van der Waals surface area (Å²) < 4.78 is 35.5. The van der Waals surface area contributed by atoms with E-state index in [0.717, 1.165) is 23.0 Å². The molecule has 178 valence electrons. The van der Waals surface area contributed by atoms with Crippen molar-refractivity contribution in [3.05, 3.63) is 53.1 Å². The average molecular weight is 473 g/mol. The summed E-state index contributed by atoms with van der Waals surface area (Å²) in [7, 11) is -3.72. The van der Waals surface area contributed by atoms with Crippen molar-refractivity contribution in [2.75, 3.05) is 25.1 Å². The second kappa shape index (κ2) is 10.9. The maximum atomic E-state index is 12.8. The second-order valence-electron chi connectivity index (χ2n) is 8.05. The molecule has 0 radical (unpaired) electrons. The molecular weight excluding hydrogens is 440 g/mol. The zero-order valence-electron chi connectivity index (χ0n) is 19.6. The number of nitrogens with one attached hydrogen (secondary N) is 2. The smallest absolute Gasteiger partial charge is 0.241 e. The molecule has 9 heteroatoms. The first-order valence-electron chi connectivity index (χ1n) is 11.1. The molecular formula is C24H32N4O4S. The highest BCUT2D eigenvalue weighted by Crippen LogP contribution is 2.22. The minimum atomic E-state index is -3.72. The van der Waals surface area contributed by atoms with E-state index in [1.54, 1.807) is 13.8 Å². The van der Waals surface area contributed by atoms with Crippen molar-refractivity contribution < 1.29 is 17.9 Å². The Morgan fingerprint density at radius 3 is 2.52 bits per heavy atom. The Morgan fingerprint density at radius 2 is 1.82 bits per heavy atom. The summed E-state index contributed by atoms with van der Waals surface area (Å²) in [6.07, 6.45) is 0.775. The molecule has 1 aromatic heterocycles. The van der Waals surface area contributed by atoms with Gasteiger partial charge in [-0.15, -0.1) is 0 Å². The maximum absolute atomic E-state index is 12.8. The molecule has 3 aromatic rings. The van der Waals surface area contributed by atoms with Gasteiger partial charge in [0.25, 0.3) is 0 Å². The third kappa shape index (κ3) is 6.19. The van der Waals surface area contributed by atoms with Crippen molar-refractivity contribution in [2.45, 2.75) is 52.0 Å². The number of sulfonamides is 1. The van der Waals surface area contributed by atoms with E-state index in [2.05, 4.69) is 15.0 Å². The highest BCUT2D eigenvalue weighted by atomic mass is 32.2. The van der Waals surface area contributed by atoms with Crippen LogP contribution in [0.25, 0.3) is 11.0 Å². The Labute approximate surface area is 195 Å². The fourth-order valence-electron chi connectivity index (χ4n) is 4.02. The van der Waals surface area contributed by atoms with Crippen LogP contribution in [0.1, 0.15) is 36.5 Å². The highest BCUT2D eigenvalue weighted by Gasteiger charge is 2.20. The Hall–Kier alpha value is -2.75. The van der Waals surface area contributed by atoms with Crippen LogP contribution in [-0.2, 0) is 26.1 Å². The summed E-state index contributed by atoms with van der Waals surface area (Å²) in [5.74, 6) is 0.141. The number of aromatic nitrogens is 2. The quantitative estimate of drug-likeness (QED) is 0.414. The van der Waals surface area contributed by atoms with Gasteiger partial charge < -0.3 is 9.30 Å². The van der Waals surface area contributed by atoms with Gasteiger partial charge in [0.2, 0.25) is 21.9 Å². The molecule has 0 atom stereocenters. The van der Waals surface area contributed by atoms with Gasteiger partial charge in [0.1, 0.15) is 0 Å². The molecule has 2 N–H and O–H groups in total. The zero-order chi connectivity index (χ0) is 24.0. The van der Waals surface area contributed by atoms with Gasteiger partial charge in [0.05, 0.1) is 15.9 Å². The normalized spacial score (nSPS) is 11.8. The Kier molecular flexibility index (Phi) is 8.23. The van der Waals surface area contributed by atoms with Crippen LogP contribution in [0.4, 0.5) is 5.95 Å². The Balaban J connectivity index is 1.65. The predicted octanol–water partition coefficient (Wildman–Crippen LogP) is 3.70. The van der Waals surface area contributed by atoms with E-state index >= 15 is 0 Å². The molecule has 3 rings (SSSR count). The number of amides is 1. The summed E-state index contributed by atoms with van der Waals surface area (Å²) in [5, 5.41) is 2.83. The molecule has 33 heavy (non-hydrogen) atoms. The van der Waals surface area contributed by atoms with Crippen LogP contribution in [0.15, 0.2) is 41.3 Å². The Bertz CT molecular complexity index is 1210. The molecule has 0 fully saturated rings. The van der Waals surface area contributed by atoms with Crippen LogP contribution in [0.3, 0.4) is 0 Å². The molecule has 0 bridgehead atoms. The number of aryl methyl sites for hydroxylation is 4. The summed E-state index contributed by atoms with van der Waals surface area (Å²) >= 11 is 0. The minimum Gasteiger partial charge on any atom is -0.382 e. The fraction of sp³-hybridized carbons (Fsp3) is 0.417. The maximum Gasteiger partial charge on any atom is 0.241 e. The number of carbonyl (C=O) groups is 1. The molecule has 0 spiro atoms. The van der Waals surface area contributed by atoms with Crippen LogP contribution >= 0.6 is 0 Å². The van der Waals surface area contributed by atoms with Gasteiger partial charge in [-0.3, -0.25) is 10.1 Å². The van der Waals surface area contributed by atoms with Crippen LogP contribution in [0.2, 0.25) is 0 Å². The number of rotatable bonds is 11. The van der Waals surface area contributed by atoms with E-state index in [1.807, 2.05) is 54.8 Å². The zero-order valence-corrected chi connectivity index (χ0v) is 20.5. The molecule has 0 saturated heterocycles. The first-order chi connectivity index (χ1) is 15.7. The first-order valence-corrected chi connectivity index (χ1v) is 12.6. The van der Waals surface area contributed by atoms with E-state index in [4.69, 9.17) is 4.74 Å². The summed E-state index contributed by atoms with van der Waals surface area (Å²) in [4.78, 5) is 17.4. The van der Waals surface area contributed by atoms with Crippen molar-refractivity contribution in [2.24, 2.45) is 0 Å². The molecule has 0 unspecified atom stereocenters. The van der Waals surface area contributed by atoms with Gasteiger partial charge in [0, 0.05) is 32.7 Å². The van der Waals surface area contributed by atoms with Gasteiger partial charge in [0.15, 0.2) is 0 Å². The molecule has 0 saturated carbocycles. The number of benzene rings is 2. The molecule has 8 nitrogen and oxygen atoms in total.